The number of hydrogen-bond donors (Lipinski definition) is 1. The van der Waals surface area contributed by atoms with Crippen LogP contribution in [0.3, 0.4) is 0 Å². The van der Waals surface area contributed by atoms with E-state index in [9.17, 15) is 9.90 Å². The van der Waals surface area contributed by atoms with E-state index in [-0.39, 0.29) is 11.9 Å². The van der Waals surface area contributed by atoms with Crippen LogP contribution in [0.5, 0.6) is 0 Å². The Hall–Kier alpha value is -2.96. The van der Waals surface area contributed by atoms with Crippen LogP contribution in [0, 0.1) is 0 Å². The highest BCUT2D eigenvalue weighted by atomic mass is 16.5. The van der Waals surface area contributed by atoms with E-state index in [2.05, 4.69) is 48.4 Å². The van der Waals surface area contributed by atoms with Gasteiger partial charge in [0.1, 0.15) is 0 Å². The first-order chi connectivity index (χ1) is 15.5. The van der Waals surface area contributed by atoms with Crippen LogP contribution in [0.25, 0.3) is 11.3 Å². The molecular weight excluding hydrogens is 402 g/mol. The lowest BCUT2D eigenvalue weighted by Crippen LogP contribution is -2.49. The molecule has 1 unspecified atom stereocenters. The van der Waals surface area contributed by atoms with Crippen molar-refractivity contribution in [3.63, 3.8) is 0 Å². The van der Waals surface area contributed by atoms with E-state index in [0.29, 0.717) is 26.2 Å². The first-order valence-corrected chi connectivity index (χ1v) is 11.3. The van der Waals surface area contributed by atoms with Gasteiger partial charge in [-0.3, -0.25) is 9.48 Å². The fourth-order valence-corrected chi connectivity index (χ4v) is 4.83. The molecule has 6 nitrogen and oxygen atoms in total. The van der Waals surface area contributed by atoms with E-state index in [1.165, 1.54) is 16.7 Å². The summed E-state index contributed by atoms with van der Waals surface area (Å²) < 4.78 is 7.35. The maximum atomic E-state index is 13.2. The van der Waals surface area contributed by atoms with Crippen LogP contribution < -0.4 is 0 Å². The van der Waals surface area contributed by atoms with Gasteiger partial charge in [-0.05, 0) is 53.6 Å². The minimum absolute atomic E-state index is 0.00366. The normalized spacial score (nSPS) is 20.6. The van der Waals surface area contributed by atoms with Gasteiger partial charge in [-0.15, -0.1) is 0 Å². The van der Waals surface area contributed by atoms with E-state index < -0.39 is 6.10 Å². The van der Waals surface area contributed by atoms with Gasteiger partial charge < -0.3 is 14.7 Å². The molecule has 3 aromatic rings. The summed E-state index contributed by atoms with van der Waals surface area (Å²) in [5, 5.41) is 14.9. The molecule has 5 rings (SSSR count). The standard InChI is InChI=1S/C26H29N3O3/c1-3-18-13-21-15-29(24-16-32-11-9-25(24)30)26(31)22(21)14-20(18)12-17-4-6-19(7-5-17)23-8-10-28(2)27-23/h4-8,10,13-14,24-25,30H,3,9,11-12,15-16H2,1-2H3/t24?,25-/m1/s1. The van der Waals surface area contributed by atoms with Crippen molar-refractivity contribution in [3.8, 4) is 11.3 Å². The van der Waals surface area contributed by atoms with Gasteiger partial charge in [0, 0.05) is 37.5 Å². The van der Waals surface area contributed by atoms with Crippen LogP contribution in [0.15, 0.2) is 48.7 Å². The predicted octanol–water partition coefficient (Wildman–Crippen LogP) is 3.35. The number of fused-ring (bicyclic) bond motifs is 1. The molecule has 2 aliphatic rings. The average molecular weight is 432 g/mol. The summed E-state index contributed by atoms with van der Waals surface area (Å²) in [6.45, 7) is 3.65. The molecule has 2 aromatic carbocycles. The molecule has 0 bridgehead atoms. The number of aliphatic hydroxyl groups excluding tert-OH is 1. The fraction of sp³-hybridized carbons (Fsp3) is 0.385. The molecule has 166 valence electrons. The Labute approximate surface area is 188 Å². The van der Waals surface area contributed by atoms with Gasteiger partial charge in [0.15, 0.2) is 0 Å². The molecule has 2 atom stereocenters. The number of amides is 1. The van der Waals surface area contributed by atoms with E-state index >= 15 is 0 Å². The molecule has 1 aromatic heterocycles. The third-order valence-electron chi connectivity index (χ3n) is 6.69. The Bertz CT molecular complexity index is 1140. The molecular formula is C26H29N3O3. The average Bonchev–Trinajstić information content (AvgIpc) is 3.37. The molecule has 1 amide bonds. The van der Waals surface area contributed by atoms with Gasteiger partial charge in [0.05, 0.1) is 24.4 Å². The number of benzene rings is 2. The second kappa shape index (κ2) is 8.52. The Kier molecular flexibility index (Phi) is 5.57. The van der Waals surface area contributed by atoms with Gasteiger partial charge in [-0.25, -0.2) is 0 Å². The minimum Gasteiger partial charge on any atom is -0.391 e. The third-order valence-corrected chi connectivity index (χ3v) is 6.69. The number of carbonyl (C=O) groups excluding carboxylic acids is 1. The topological polar surface area (TPSA) is 67.6 Å². The summed E-state index contributed by atoms with van der Waals surface area (Å²) >= 11 is 0. The van der Waals surface area contributed by atoms with Crippen molar-refractivity contribution >= 4 is 5.91 Å². The molecule has 2 aliphatic heterocycles. The molecule has 0 radical (unpaired) electrons. The first kappa shape index (κ1) is 20.9. The van der Waals surface area contributed by atoms with Gasteiger partial charge in [0.2, 0.25) is 0 Å². The van der Waals surface area contributed by atoms with E-state index in [1.807, 2.05) is 19.3 Å². The summed E-state index contributed by atoms with van der Waals surface area (Å²) in [6.07, 6.45) is 3.69. The number of nitrogens with zero attached hydrogens (tertiary/aromatic N) is 3. The third kappa shape index (κ3) is 3.85. The summed E-state index contributed by atoms with van der Waals surface area (Å²) in [6, 6.07) is 14.5. The van der Waals surface area contributed by atoms with E-state index in [0.717, 1.165) is 35.2 Å². The van der Waals surface area contributed by atoms with Crippen LogP contribution in [-0.2, 0) is 31.2 Å². The fourth-order valence-electron chi connectivity index (χ4n) is 4.83. The summed E-state index contributed by atoms with van der Waals surface area (Å²) in [4.78, 5) is 15.0. The summed E-state index contributed by atoms with van der Waals surface area (Å²) in [5.41, 5.74) is 7.54. The van der Waals surface area contributed by atoms with Crippen molar-refractivity contribution in [2.75, 3.05) is 13.2 Å². The second-order valence-electron chi connectivity index (χ2n) is 8.81. The number of aliphatic hydroxyl groups is 1. The molecule has 0 saturated carbocycles. The van der Waals surface area contributed by atoms with Crippen molar-refractivity contribution in [2.24, 2.45) is 7.05 Å². The maximum Gasteiger partial charge on any atom is 0.254 e. The molecule has 32 heavy (non-hydrogen) atoms. The zero-order valence-electron chi connectivity index (χ0n) is 18.6. The van der Waals surface area contributed by atoms with Crippen LogP contribution in [-0.4, -0.2) is 51.1 Å². The Morgan fingerprint density at radius 3 is 2.66 bits per heavy atom. The second-order valence-corrected chi connectivity index (χ2v) is 8.81. The zero-order valence-corrected chi connectivity index (χ0v) is 18.6. The molecule has 3 heterocycles. The summed E-state index contributed by atoms with van der Waals surface area (Å²) in [7, 11) is 1.92. The van der Waals surface area contributed by atoms with Crippen molar-refractivity contribution in [1.82, 2.24) is 14.7 Å². The van der Waals surface area contributed by atoms with Crippen molar-refractivity contribution in [3.05, 3.63) is 76.5 Å². The quantitative estimate of drug-likeness (QED) is 0.673. The number of ether oxygens (including phenoxy) is 1. The smallest absolute Gasteiger partial charge is 0.254 e. The SMILES string of the molecule is CCc1cc2c(cc1Cc1ccc(-c3ccn(C)n3)cc1)C(=O)N(C1COCC[C@H]1O)C2. The van der Waals surface area contributed by atoms with Crippen molar-refractivity contribution in [2.45, 2.75) is 44.9 Å². The van der Waals surface area contributed by atoms with Crippen molar-refractivity contribution in [1.29, 1.82) is 0 Å². The Morgan fingerprint density at radius 1 is 1.16 bits per heavy atom. The molecule has 0 aliphatic carbocycles. The van der Waals surface area contributed by atoms with Crippen LogP contribution >= 0.6 is 0 Å². The van der Waals surface area contributed by atoms with E-state index in [4.69, 9.17) is 4.74 Å². The highest BCUT2D eigenvalue weighted by molar-refractivity contribution is 5.99. The lowest BCUT2D eigenvalue weighted by Gasteiger charge is -2.34. The van der Waals surface area contributed by atoms with Crippen LogP contribution in [0.2, 0.25) is 0 Å². The van der Waals surface area contributed by atoms with Crippen molar-refractivity contribution < 1.29 is 14.6 Å². The lowest BCUT2D eigenvalue weighted by atomic mass is 9.93. The number of hydrogen-bond acceptors (Lipinski definition) is 4. The number of rotatable bonds is 5. The number of aryl methyl sites for hydroxylation is 2. The number of aromatic nitrogens is 2. The zero-order chi connectivity index (χ0) is 22.2. The monoisotopic (exact) mass is 431 g/mol. The highest BCUT2D eigenvalue weighted by Crippen LogP contribution is 2.31. The lowest BCUT2D eigenvalue weighted by molar-refractivity contribution is -0.0528. The molecule has 1 fully saturated rings. The van der Waals surface area contributed by atoms with E-state index in [1.54, 1.807) is 9.58 Å². The molecule has 1 saturated heterocycles. The Morgan fingerprint density at radius 2 is 1.97 bits per heavy atom. The van der Waals surface area contributed by atoms with Gasteiger partial charge in [0.25, 0.3) is 5.91 Å². The first-order valence-electron chi connectivity index (χ1n) is 11.3. The molecule has 0 spiro atoms. The maximum absolute atomic E-state index is 13.2. The molecule has 6 heteroatoms. The summed E-state index contributed by atoms with van der Waals surface area (Å²) in [5.74, 6) is 0.00366. The highest BCUT2D eigenvalue weighted by Gasteiger charge is 2.38. The van der Waals surface area contributed by atoms with Crippen LogP contribution in [0.4, 0.5) is 0 Å². The number of carbonyl (C=O) groups is 1. The molecule has 1 N–H and O–H groups in total. The predicted molar refractivity (Wildman–Crippen MR) is 122 cm³/mol. The van der Waals surface area contributed by atoms with Gasteiger partial charge in [-0.1, -0.05) is 37.3 Å². The largest absolute Gasteiger partial charge is 0.391 e. The van der Waals surface area contributed by atoms with Crippen LogP contribution in [0.1, 0.15) is 46.0 Å². The minimum atomic E-state index is -0.523. The Balaban J connectivity index is 1.39. The van der Waals surface area contributed by atoms with Gasteiger partial charge in [-0.2, -0.15) is 5.10 Å². The van der Waals surface area contributed by atoms with Gasteiger partial charge >= 0.3 is 0 Å².